The minimum absolute atomic E-state index is 0.378. The summed E-state index contributed by atoms with van der Waals surface area (Å²) in [5.41, 5.74) is 0.515. The first-order valence-corrected chi connectivity index (χ1v) is 8.57. The lowest BCUT2D eigenvalue weighted by molar-refractivity contribution is 0.322. The molecular weight excluding hydrogens is 292 g/mol. The summed E-state index contributed by atoms with van der Waals surface area (Å²) in [6.07, 6.45) is 1.11. The third-order valence-electron chi connectivity index (χ3n) is 2.73. The van der Waals surface area contributed by atoms with Gasteiger partial charge in [-0.1, -0.05) is 0 Å². The molecule has 8 heteroatoms. The lowest BCUT2D eigenvalue weighted by Crippen LogP contribution is -2.39. The average molecular weight is 312 g/mol. The second kappa shape index (κ2) is 6.66. The minimum atomic E-state index is -3.25. The average Bonchev–Trinajstić information content (AvgIpc) is 2.81. The monoisotopic (exact) mass is 312 g/mol. The van der Waals surface area contributed by atoms with Crippen molar-refractivity contribution in [3.8, 4) is 5.75 Å². The van der Waals surface area contributed by atoms with Crippen molar-refractivity contribution in [1.29, 1.82) is 0 Å². The van der Waals surface area contributed by atoms with E-state index in [1.54, 1.807) is 24.3 Å². The second-order valence-corrected chi connectivity index (χ2v) is 6.66. The highest BCUT2D eigenvalue weighted by Gasteiger charge is 2.11. The van der Waals surface area contributed by atoms with E-state index in [0.29, 0.717) is 30.6 Å². The molecule has 116 valence electrons. The number of guanidine groups is 1. The van der Waals surface area contributed by atoms with Crippen LogP contribution in [0.1, 0.15) is 6.92 Å². The maximum Gasteiger partial charge on any atom is 0.229 e. The molecule has 2 rings (SSSR count). The van der Waals surface area contributed by atoms with Gasteiger partial charge in [-0.05, 0) is 31.2 Å². The number of sulfonamides is 1. The number of anilines is 1. The van der Waals surface area contributed by atoms with Crippen LogP contribution >= 0.6 is 0 Å². The molecule has 0 saturated carbocycles. The molecule has 0 fully saturated rings. The highest BCUT2D eigenvalue weighted by molar-refractivity contribution is 7.92. The maximum absolute atomic E-state index is 11.1. The first-order chi connectivity index (χ1) is 9.92. The van der Waals surface area contributed by atoms with Crippen molar-refractivity contribution >= 4 is 21.7 Å². The number of rotatable bonds is 6. The van der Waals surface area contributed by atoms with Gasteiger partial charge in [0, 0.05) is 11.7 Å². The third-order valence-corrected chi connectivity index (χ3v) is 3.33. The van der Waals surface area contributed by atoms with Crippen molar-refractivity contribution in [2.45, 2.75) is 13.0 Å². The van der Waals surface area contributed by atoms with Crippen LogP contribution in [0.3, 0.4) is 0 Å². The molecule has 0 radical (unpaired) electrons. The Kier molecular flexibility index (Phi) is 4.89. The predicted molar refractivity (Wildman–Crippen MR) is 83.3 cm³/mol. The Bertz CT molecular complexity index is 598. The summed E-state index contributed by atoms with van der Waals surface area (Å²) in [5.74, 6) is 1.49. The van der Waals surface area contributed by atoms with E-state index in [2.05, 4.69) is 27.3 Å². The van der Waals surface area contributed by atoms with Gasteiger partial charge in [-0.15, -0.1) is 0 Å². The van der Waals surface area contributed by atoms with Crippen LogP contribution in [0, 0.1) is 0 Å². The zero-order valence-electron chi connectivity index (χ0n) is 12.1. The minimum Gasteiger partial charge on any atom is -0.492 e. The molecule has 0 saturated heterocycles. The van der Waals surface area contributed by atoms with E-state index in [-0.39, 0.29) is 0 Å². The summed E-state index contributed by atoms with van der Waals surface area (Å²) >= 11 is 0. The summed E-state index contributed by atoms with van der Waals surface area (Å²) in [5, 5.41) is 6.35. The first-order valence-electron chi connectivity index (χ1n) is 6.68. The number of ether oxygens (including phenoxy) is 1. The van der Waals surface area contributed by atoms with Gasteiger partial charge >= 0.3 is 0 Å². The fourth-order valence-electron chi connectivity index (χ4n) is 1.83. The number of hydrogen-bond acceptors (Lipinski definition) is 6. The number of nitrogens with zero attached hydrogens (tertiary/aromatic N) is 1. The zero-order chi connectivity index (χ0) is 15.3. The molecule has 1 aliphatic rings. The van der Waals surface area contributed by atoms with Crippen LogP contribution in [0.25, 0.3) is 0 Å². The maximum atomic E-state index is 11.1. The Labute approximate surface area is 124 Å². The van der Waals surface area contributed by atoms with Gasteiger partial charge < -0.3 is 15.4 Å². The van der Waals surface area contributed by atoms with Crippen LogP contribution < -0.4 is 20.1 Å². The fraction of sp³-hybridized carbons (Fsp3) is 0.462. The van der Waals surface area contributed by atoms with Crippen molar-refractivity contribution < 1.29 is 13.2 Å². The molecule has 1 aliphatic heterocycles. The molecule has 1 aromatic carbocycles. The van der Waals surface area contributed by atoms with Crippen molar-refractivity contribution in [1.82, 2.24) is 10.6 Å². The van der Waals surface area contributed by atoms with Crippen LogP contribution in [0.2, 0.25) is 0 Å². The van der Waals surface area contributed by atoms with Crippen LogP contribution in [-0.4, -0.2) is 46.4 Å². The SMILES string of the molecule is CC1CN=C(NCCOc2ccc(NS(C)(=O)=O)cc2)N1. The van der Waals surface area contributed by atoms with E-state index in [0.717, 1.165) is 18.8 Å². The largest absolute Gasteiger partial charge is 0.492 e. The standard InChI is InChI=1S/C13H20N4O3S/c1-10-9-15-13(16-10)14-7-8-20-12-5-3-11(4-6-12)17-21(2,18)19/h3-6,10,17H,7-9H2,1-2H3,(H2,14,15,16). The molecule has 1 atom stereocenters. The van der Waals surface area contributed by atoms with E-state index >= 15 is 0 Å². The molecular formula is C13H20N4O3S. The van der Waals surface area contributed by atoms with E-state index < -0.39 is 10.0 Å². The van der Waals surface area contributed by atoms with Crippen molar-refractivity contribution in [3.05, 3.63) is 24.3 Å². The Balaban J connectivity index is 1.71. The van der Waals surface area contributed by atoms with Gasteiger partial charge in [-0.3, -0.25) is 9.71 Å². The molecule has 0 aliphatic carbocycles. The van der Waals surface area contributed by atoms with E-state index in [9.17, 15) is 8.42 Å². The van der Waals surface area contributed by atoms with Crippen LogP contribution in [0.4, 0.5) is 5.69 Å². The number of hydrogen-bond donors (Lipinski definition) is 3. The lowest BCUT2D eigenvalue weighted by atomic mass is 10.3. The fourth-order valence-corrected chi connectivity index (χ4v) is 2.40. The molecule has 7 nitrogen and oxygen atoms in total. The predicted octanol–water partition coefficient (Wildman–Crippen LogP) is 0.374. The summed E-state index contributed by atoms with van der Waals surface area (Å²) in [6.45, 7) is 3.99. The van der Waals surface area contributed by atoms with Gasteiger partial charge in [0.05, 0.1) is 19.3 Å². The summed E-state index contributed by atoms with van der Waals surface area (Å²) in [6, 6.07) is 7.15. The van der Waals surface area contributed by atoms with E-state index in [4.69, 9.17) is 4.74 Å². The second-order valence-electron chi connectivity index (χ2n) is 4.91. The molecule has 0 amide bonds. The number of benzene rings is 1. The Morgan fingerprint density at radius 1 is 1.38 bits per heavy atom. The Hall–Kier alpha value is -1.96. The van der Waals surface area contributed by atoms with Crippen molar-refractivity contribution in [2.24, 2.45) is 4.99 Å². The van der Waals surface area contributed by atoms with Crippen LogP contribution in [0.15, 0.2) is 29.3 Å². The van der Waals surface area contributed by atoms with Crippen LogP contribution in [0.5, 0.6) is 5.75 Å². The molecule has 1 unspecified atom stereocenters. The molecule has 1 heterocycles. The number of nitrogens with one attached hydrogen (secondary N) is 3. The summed E-state index contributed by atoms with van der Waals surface area (Å²) in [4.78, 5) is 4.28. The third kappa shape index (κ3) is 5.50. The van der Waals surface area contributed by atoms with Gasteiger partial charge in [-0.2, -0.15) is 0 Å². The molecule has 0 bridgehead atoms. The topological polar surface area (TPSA) is 91.8 Å². The van der Waals surface area contributed by atoms with E-state index in [1.807, 2.05) is 0 Å². The summed E-state index contributed by atoms with van der Waals surface area (Å²) in [7, 11) is -3.25. The van der Waals surface area contributed by atoms with Gasteiger partial charge in [0.25, 0.3) is 0 Å². The molecule has 0 aromatic heterocycles. The zero-order valence-corrected chi connectivity index (χ0v) is 12.9. The van der Waals surface area contributed by atoms with Crippen molar-refractivity contribution in [3.63, 3.8) is 0 Å². The first kappa shape index (κ1) is 15.4. The highest BCUT2D eigenvalue weighted by atomic mass is 32.2. The van der Waals surface area contributed by atoms with Crippen molar-refractivity contribution in [2.75, 3.05) is 30.7 Å². The molecule has 21 heavy (non-hydrogen) atoms. The quantitative estimate of drug-likeness (QED) is 0.660. The molecule has 3 N–H and O–H groups in total. The molecule has 1 aromatic rings. The Morgan fingerprint density at radius 2 is 2.10 bits per heavy atom. The van der Waals surface area contributed by atoms with Gasteiger partial charge in [0.1, 0.15) is 12.4 Å². The molecule has 0 spiro atoms. The highest BCUT2D eigenvalue weighted by Crippen LogP contribution is 2.16. The Morgan fingerprint density at radius 3 is 2.67 bits per heavy atom. The summed E-state index contributed by atoms with van der Waals surface area (Å²) < 4.78 is 30.1. The van der Waals surface area contributed by atoms with E-state index in [1.165, 1.54) is 0 Å². The van der Waals surface area contributed by atoms with Gasteiger partial charge in [0.15, 0.2) is 5.96 Å². The van der Waals surface area contributed by atoms with Crippen LogP contribution in [-0.2, 0) is 10.0 Å². The smallest absolute Gasteiger partial charge is 0.229 e. The lowest BCUT2D eigenvalue weighted by Gasteiger charge is -2.10. The number of aliphatic imine (C=N–C) groups is 1. The van der Waals surface area contributed by atoms with Gasteiger partial charge in [0.2, 0.25) is 10.0 Å². The normalized spacial score (nSPS) is 17.8. The van der Waals surface area contributed by atoms with Gasteiger partial charge in [-0.25, -0.2) is 8.42 Å².